The highest BCUT2D eigenvalue weighted by Gasteiger charge is 2.08. The van der Waals surface area contributed by atoms with E-state index in [4.69, 9.17) is 10.5 Å². The summed E-state index contributed by atoms with van der Waals surface area (Å²) in [7, 11) is 0. The number of aliphatic hydroxyl groups is 1. The van der Waals surface area contributed by atoms with Crippen LogP contribution < -0.4 is 10.5 Å². The summed E-state index contributed by atoms with van der Waals surface area (Å²) in [4.78, 5) is 0. The SMILES string of the molecule is Cc1cc(Br)cc(C)c1OC[C@H](O)CN. The van der Waals surface area contributed by atoms with Gasteiger partial charge in [-0.3, -0.25) is 0 Å². The number of aliphatic hydroxyl groups excluding tert-OH is 1. The second kappa shape index (κ2) is 5.49. The van der Waals surface area contributed by atoms with Crippen LogP contribution in [0.25, 0.3) is 0 Å². The third-order valence-corrected chi connectivity index (χ3v) is 2.58. The number of hydrogen-bond acceptors (Lipinski definition) is 3. The molecule has 0 aliphatic carbocycles. The molecule has 1 aromatic carbocycles. The van der Waals surface area contributed by atoms with E-state index in [0.717, 1.165) is 21.3 Å². The number of aryl methyl sites for hydroxylation is 2. The van der Waals surface area contributed by atoms with E-state index < -0.39 is 6.10 Å². The minimum absolute atomic E-state index is 0.217. The molecule has 0 amide bonds. The Balaban J connectivity index is 2.77. The van der Waals surface area contributed by atoms with Crippen LogP contribution in [0.1, 0.15) is 11.1 Å². The Morgan fingerprint density at radius 1 is 1.40 bits per heavy atom. The summed E-state index contributed by atoms with van der Waals surface area (Å²) in [6.07, 6.45) is -0.604. The van der Waals surface area contributed by atoms with Crippen LogP contribution >= 0.6 is 15.9 Å². The molecule has 0 heterocycles. The maximum atomic E-state index is 9.30. The third kappa shape index (κ3) is 3.48. The van der Waals surface area contributed by atoms with E-state index in [9.17, 15) is 5.11 Å². The monoisotopic (exact) mass is 273 g/mol. The zero-order valence-corrected chi connectivity index (χ0v) is 10.5. The van der Waals surface area contributed by atoms with E-state index in [1.54, 1.807) is 0 Å². The Bertz CT molecular complexity index is 318. The average molecular weight is 274 g/mol. The number of rotatable bonds is 4. The van der Waals surface area contributed by atoms with E-state index in [1.807, 2.05) is 26.0 Å². The highest BCUT2D eigenvalue weighted by Crippen LogP contribution is 2.27. The fraction of sp³-hybridized carbons (Fsp3) is 0.455. The second-order valence-corrected chi connectivity index (χ2v) is 4.48. The second-order valence-electron chi connectivity index (χ2n) is 3.57. The molecule has 3 nitrogen and oxygen atoms in total. The van der Waals surface area contributed by atoms with Gasteiger partial charge in [0, 0.05) is 11.0 Å². The van der Waals surface area contributed by atoms with Crippen molar-refractivity contribution in [3.05, 3.63) is 27.7 Å². The van der Waals surface area contributed by atoms with Crippen molar-refractivity contribution in [3.8, 4) is 5.75 Å². The van der Waals surface area contributed by atoms with Gasteiger partial charge in [0.15, 0.2) is 0 Å². The van der Waals surface area contributed by atoms with Crippen molar-refractivity contribution in [1.29, 1.82) is 0 Å². The Hall–Kier alpha value is -0.580. The molecule has 0 unspecified atom stereocenters. The molecular formula is C11H16BrNO2. The fourth-order valence-electron chi connectivity index (χ4n) is 1.37. The van der Waals surface area contributed by atoms with E-state index in [1.165, 1.54) is 0 Å². The summed E-state index contributed by atoms with van der Waals surface area (Å²) in [6.45, 7) is 4.40. The van der Waals surface area contributed by atoms with Gasteiger partial charge in [-0.15, -0.1) is 0 Å². The van der Waals surface area contributed by atoms with E-state index in [-0.39, 0.29) is 13.2 Å². The molecule has 0 bridgehead atoms. The molecule has 0 aromatic heterocycles. The summed E-state index contributed by atoms with van der Waals surface area (Å²) < 4.78 is 6.56. The average Bonchev–Trinajstić information content (AvgIpc) is 2.15. The summed E-state index contributed by atoms with van der Waals surface area (Å²) in [5, 5.41) is 9.30. The highest BCUT2D eigenvalue weighted by molar-refractivity contribution is 9.10. The molecular weight excluding hydrogens is 258 g/mol. The van der Waals surface area contributed by atoms with Gasteiger partial charge in [0.05, 0.1) is 0 Å². The van der Waals surface area contributed by atoms with Gasteiger partial charge in [-0.25, -0.2) is 0 Å². The number of hydrogen-bond donors (Lipinski definition) is 2. The lowest BCUT2D eigenvalue weighted by Crippen LogP contribution is -2.26. The molecule has 1 aromatic rings. The number of benzene rings is 1. The largest absolute Gasteiger partial charge is 0.490 e. The Morgan fingerprint density at radius 3 is 2.40 bits per heavy atom. The summed E-state index contributed by atoms with van der Waals surface area (Å²) in [5.74, 6) is 0.825. The van der Waals surface area contributed by atoms with Gasteiger partial charge in [0.25, 0.3) is 0 Å². The first-order valence-electron chi connectivity index (χ1n) is 4.82. The summed E-state index contributed by atoms with van der Waals surface area (Å²) in [5.41, 5.74) is 7.39. The van der Waals surface area contributed by atoms with Crippen molar-refractivity contribution in [3.63, 3.8) is 0 Å². The van der Waals surface area contributed by atoms with Gasteiger partial charge in [-0.05, 0) is 37.1 Å². The lowest BCUT2D eigenvalue weighted by atomic mass is 10.1. The first-order valence-corrected chi connectivity index (χ1v) is 5.61. The van der Waals surface area contributed by atoms with Crippen LogP contribution in [0.15, 0.2) is 16.6 Å². The molecule has 0 aliphatic heterocycles. The van der Waals surface area contributed by atoms with Crippen LogP contribution in [0, 0.1) is 13.8 Å². The van der Waals surface area contributed by atoms with Crippen molar-refractivity contribution in [2.45, 2.75) is 20.0 Å². The first kappa shape index (κ1) is 12.5. The van der Waals surface area contributed by atoms with E-state index in [0.29, 0.717) is 0 Å². The van der Waals surface area contributed by atoms with Gasteiger partial charge in [-0.2, -0.15) is 0 Å². The van der Waals surface area contributed by atoms with Crippen LogP contribution in [0.3, 0.4) is 0 Å². The van der Waals surface area contributed by atoms with Gasteiger partial charge >= 0.3 is 0 Å². The molecule has 0 saturated carbocycles. The highest BCUT2D eigenvalue weighted by atomic mass is 79.9. The standard InChI is InChI=1S/C11H16BrNO2/c1-7-3-9(12)4-8(2)11(7)15-6-10(14)5-13/h3-4,10,14H,5-6,13H2,1-2H3/t10-/m1/s1. The molecule has 15 heavy (non-hydrogen) atoms. The van der Waals surface area contributed by atoms with Crippen LogP contribution in [-0.2, 0) is 0 Å². The van der Waals surface area contributed by atoms with Gasteiger partial charge < -0.3 is 15.6 Å². The zero-order valence-electron chi connectivity index (χ0n) is 8.96. The molecule has 0 radical (unpaired) electrons. The van der Waals surface area contributed by atoms with E-state index in [2.05, 4.69) is 15.9 Å². The number of nitrogens with two attached hydrogens (primary N) is 1. The quantitative estimate of drug-likeness (QED) is 0.879. The Morgan fingerprint density at radius 2 is 1.93 bits per heavy atom. The topological polar surface area (TPSA) is 55.5 Å². The zero-order chi connectivity index (χ0) is 11.4. The van der Waals surface area contributed by atoms with Crippen molar-refractivity contribution in [2.75, 3.05) is 13.2 Å². The first-order chi connectivity index (χ1) is 7.04. The van der Waals surface area contributed by atoms with Crippen molar-refractivity contribution < 1.29 is 9.84 Å². The molecule has 0 spiro atoms. The fourth-order valence-corrected chi connectivity index (χ4v) is 2.06. The van der Waals surface area contributed by atoms with Crippen LogP contribution in [0.2, 0.25) is 0 Å². The Kier molecular flexibility index (Phi) is 4.57. The van der Waals surface area contributed by atoms with Gasteiger partial charge in [0.1, 0.15) is 18.5 Å². The Labute approximate surface area is 98.4 Å². The molecule has 3 N–H and O–H groups in total. The van der Waals surface area contributed by atoms with Crippen molar-refractivity contribution >= 4 is 15.9 Å². The molecule has 0 saturated heterocycles. The minimum Gasteiger partial charge on any atom is -0.490 e. The van der Waals surface area contributed by atoms with Crippen molar-refractivity contribution in [2.24, 2.45) is 5.73 Å². The van der Waals surface area contributed by atoms with Gasteiger partial charge in [-0.1, -0.05) is 15.9 Å². The maximum Gasteiger partial charge on any atom is 0.125 e. The van der Waals surface area contributed by atoms with Crippen molar-refractivity contribution in [1.82, 2.24) is 0 Å². The van der Waals surface area contributed by atoms with Crippen LogP contribution in [-0.4, -0.2) is 24.4 Å². The lowest BCUT2D eigenvalue weighted by molar-refractivity contribution is 0.113. The molecule has 0 aliphatic rings. The smallest absolute Gasteiger partial charge is 0.125 e. The molecule has 84 valence electrons. The van der Waals surface area contributed by atoms with Gasteiger partial charge in [0.2, 0.25) is 0 Å². The molecule has 1 atom stereocenters. The maximum absolute atomic E-state index is 9.30. The van der Waals surface area contributed by atoms with Crippen LogP contribution in [0.5, 0.6) is 5.75 Å². The third-order valence-electron chi connectivity index (χ3n) is 2.12. The predicted octanol–water partition coefficient (Wildman–Crippen LogP) is 1.76. The number of halogens is 1. The molecule has 1 rings (SSSR count). The van der Waals surface area contributed by atoms with Crippen LogP contribution in [0.4, 0.5) is 0 Å². The minimum atomic E-state index is -0.604. The number of ether oxygens (including phenoxy) is 1. The summed E-state index contributed by atoms with van der Waals surface area (Å²) >= 11 is 3.42. The molecule has 0 fully saturated rings. The predicted molar refractivity (Wildman–Crippen MR) is 64.2 cm³/mol. The van der Waals surface area contributed by atoms with E-state index >= 15 is 0 Å². The lowest BCUT2D eigenvalue weighted by Gasteiger charge is -2.14. The summed E-state index contributed by atoms with van der Waals surface area (Å²) in [6, 6.07) is 3.97. The molecule has 4 heteroatoms. The normalized spacial score (nSPS) is 12.6.